The van der Waals surface area contributed by atoms with Gasteiger partial charge in [-0.05, 0) is 37.3 Å². The van der Waals surface area contributed by atoms with E-state index in [2.05, 4.69) is 27.6 Å². The van der Waals surface area contributed by atoms with Gasteiger partial charge in [-0.25, -0.2) is 9.97 Å². The van der Waals surface area contributed by atoms with Gasteiger partial charge in [-0.3, -0.25) is 4.79 Å². The van der Waals surface area contributed by atoms with Crippen LogP contribution in [0.1, 0.15) is 27.9 Å². The Morgan fingerprint density at radius 3 is 2.97 bits per heavy atom. The van der Waals surface area contributed by atoms with Crippen molar-refractivity contribution in [2.45, 2.75) is 13.0 Å². The number of nitriles is 1. The number of nitrogens with zero attached hydrogens (tertiary/aromatic N) is 3. The van der Waals surface area contributed by atoms with E-state index in [1.807, 2.05) is 31.2 Å². The highest BCUT2D eigenvalue weighted by atomic mass is 32.1. The molecule has 7 heteroatoms. The predicted octanol–water partition coefficient (Wildman–Crippen LogP) is 3.91. The fourth-order valence-corrected chi connectivity index (χ4v) is 4.81. The minimum atomic E-state index is -0.0568. The van der Waals surface area contributed by atoms with Gasteiger partial charge < -0.3 is 10.6 Å². The minimum absolute atomic E-state index is 0.0493. The maximum Gasteiger partial charge on any atom is 0.263 e. The third-order valence-electron chi connectivity index (χ3n) is 5.14. The Bertz CT molecular complexity index is 1440. The van der Waals surface area contributed by atoms with Gasteiger partial charge in [0.05, 0.1) is 22.5 Å². The maximum atomic E-state index is 12.6. The van der Waals surface area contributed by atoms with Crippen molar-refractivity contribution in [3.63, 3.8) is 0 Å². The number of fused-ring (bicyclic) bond motifs is 5. The number of pyridine rings is 2. The summed E-state index contributed by atoms with van der Waals surface area (Å²) in [5.41, 5.74) is 3.81. The van der Waals surface area contributed by atoms with E-state index in [0.29, 0.717) is 33.9 Å². The molecule has 1 aliphatic rings. The molecule has 1 atom stereocenters. The van der Waals surface area contributed by atoms with Crippen LogP contribution in [0, 0.1) is 23.7 Å². The van der Waals surface area contributed by atoms with E-state index < -0.39 is 0 Å². The zero-order valence-corrected chi connectivity index (χ0v) is 16.8. The lowest BCUT2D eigenvalue weighted by atomic mass is 10.0. The number of thiophene rings is 1. The number of benzene rings is 1. The molecule has 4 heterocycles. The molecule has 0 unspecified atom stereocenters. The summed E-state index contributed by atoms with van der Waals surface area (Å²) < 4.78 is 1.02. The lowest BCUT2D eigenvalue weighted by Crippen LogP contribution is -2.34. The highest BCUT2D eigenvalue weighted by Crippen LogP contribution is 2.41. The first kappa shape index (κ1) is 18.1. The fourth-order valence-electron chi connectivity index (χ4n) is 3.71. The number of anilines is 1. The Balaban J connectivity index is 1.73. The first-order chi connectivity index (χ1) is 14.6. The van der Waals surface area contributed by atoms with Crippen molar-refractivity contribution in [1.29, 1.82) is 5.26 Å². The molecule has 0 aliphatic carbocycles. The zero-order chi connectivity index (χ0) is 20.8. The van der Waals surface area contributed by atoms with Crippen molar-refractivity contribution in [3.8, 4) is 29.7 Å². The highest BCUT2D eigenvalue weighted by molar-refractivity contribution is 7.21. The number of rotatable bonds is 1. The van der Waals surface area contributed by atoms with Gasteiger partial charge >= 0.3 is 0 Å². The Kier molecular flexibility index (Phi) is 4.13. The van der Waals surface area contributed by atoms with E-state index in [9.17, 15) is 10.1 Å². The first-order valence-corrected chi connectivity index (χ1v) is 10.2. The average molecular weight is 409 g/mol. The molecule has 0 spiro atoms. The smallest absolute Gasteiger partial charge is 0.263 e. The molecule has 0 saturated carbocycles. The van der Waals surface area contributed by atoms with Crippen LogP contribution in [0.5, 0.6) is 0 Å². The molecule has 1 amide bonds. The largest absolute Gasteiger partial charge is 0.381 e. The summed E-state index contributed by atoms with van der Waals surface area (Å²) in [6, 6.07) is 11.7. The van der Waals surface area contributed by atoms with E-state index in [-0.39, 0.29) is 11.9 Å². The van der Waals surface area contributed by atoms with Crippen molar-refractivity contribution < 1.29 is 4.79 Å². The average Bonchev–Trinajstić information content (AvgIpc) is 3.09. The van der Waals surface area contributed by atoms with Gasteiger partial charge in [0.15, 0.2) is 0 Å². The Morgan fingerprint density at radius 2 is 2.17 bits per heavy atom. The molecule has 0 fully saturated rings. The summed E-state index contributed by atoms with van der Waals surface area (Å²) in [6.45, 7) is 2.63. The number of hydrogen-bond donors (Lipinski definition) is 2. The van der Waals surface area contributed by atoms with Gasteiger partial charge in [0, 0.05) is 39.8 Å². The fraction of sp³-hybridized carbons (Fsp3) is 0.130. The van der Waals surface area contributed by atoms with Crippen molar-refractivity contribution in [2.75, 3.05) is 11.9 Å². The van der Waals surface area contributed by atoms with Crippen LogP contribution in [0.15, 0.2) is 36.5 Å². The molecule has 4 aromatic rings. The summed E-state index contributed by atoms with van der Waals surface area (Å²) in [5, 5.41) is 17.8. The van der Waals surface area contributed by atoms with Gasteiger partial charge in [-0.2, -0.15) is 5.26 Å². The van der Waals surface area contributed by atoms with E-state index in [0.717, 1.165) is 26.7 Å². The van der Waals surface area contributed by atoms with Gasteiger partial charge in [-0.1, -0.05) is 5.92 Å². The second-order valence-corrected chi connectivity index (χ2v) is 8.19. The number of terminal acetylenes is 1. The Hall–Kier alpha value is -3.94. The van der Waals surface area contributed by atoms with E-state index >= 15 is 0 Å². The molecular weight excluding hydrogens is 394 g/mol. The van der Waals surface area contributed by atoms with Crippen molar-refractivity contribution >= 4 is 43.9 Å². The summed E-state index contributed by atoms with van der Waals surface area (Å²) >= 11 is 1.47. The van der Waals surface area contributed by atoms with Crippen molar-refractivity contribution in [2.24, 2.45) is 0 Å². The summed E-state index contributed by atoms with van der Waals surface area (Å²) in [5.74, 6) is 2.44. The lowest BCUT2D eigenvalue weighted by Gasteiger charge is -2.10. The second-order valence-electron chi connectivity index (χ2n) is 7.13. The highest BCUT2D eigenvalue weighted by Gasteiger charge is 2.24. The molecule has 144 valence electrons. The second kappa shape index (κ2) is 6.84. The third-order valence-corrected chi connectivity index (χ3v) is 6.29. The number of carbonyl (C=O) groups excluding carboxylic acids is 1. The van der Waals surface area contributed by atoms with Crippen molar-refractivity contribution in [1.82, 2.24) is 15.3 Å². The normalized spacial score (nSPS) is 15.6. The molecule has 2 N–H and O–H groups in total. The summed E-state index contributed by atoms with van der Waals surface area (Å²) in [6.07, 6.45) is 6.95. The number of nitrogens with one attached hydrogen (secondary N) is 2. The molecule has 30 heavy (non-hydrogen) atoms. The van der Waals surface area contributed by atoms with Crippen LogP contribution in [0.4, 0.5) is 5.69 Å². The third kappa shape index (κ3) is 2.76. The molecule has 0 saturated heterocycles. The number of hydrogen-bond acceptors (Lipinski definition) is 6. The molecule has 5 rings (SSSR count). The summed E-state index contributed by atoms with van der Waals surface area (Å²) in [4.78, 5) is 22.2. The quantitative estimate of drug-likeness (QED) is 0.465. The summed E-state index contributed by atoms with van der Waals surface area (Å²) in [7, 11) is 0. The Morgan fingerprint density at radius 1 is 1.30 bits per heavy atom. The topological polar surface area (TPSA) is 90.7 Å². The lowest BCUT2D eigenvalue weighted by molar-refractivity contribution is 0.0949. The zero-order valence-electron chi connectivity index (χ0n) is 16.0. The molecule has 0 radical (unpaired) electrons. The minimum Gasteiger partial charge on any atom is -0.381 e. The number of aromatic nitrogens is 2. The number of amides is 1. The Labute approximate surface area is 176 Å². The van der Waals surface area contributed by atoms with Crippen LogP contribution in [-0.4, -0.2) is 28.5 Å². The van der Waals surface area contributed by atoms with E-state index in [1.54, 1.807) is 6.07 Å². The molecular formula is C23H15N5OS. The monoisotopic (exact) mass is 409 g/mol. The molecule has 3 aromatic heterocycles. The molecule has 6 nitrogen and oxygen atoms in total. The first-order valence-electron chi connectivity index (χ1n) is 9.37. The van der Waals surface area contributed by atoms with E-state index in [1.165, 1.54) is 17.5 Å². The van der Waals surface area contributed by atoms with Gasteiger partial charge in [0.25, 0.3) is 5.91 Å². The molecule has 1 aliphatic heterocycles. The van der Waals surface area contributed by atoms with Crippen LogP contribution in [-0.2, 0) is 0 Å². The van der Waals surface area contributed by atoms with Gasteiger partial charge in [0.2, 0.25) is 0 Å². The number of carbonyl (C=O) groups is 1. The maximum absolute atomic E-state index is 12.6. The van der Waals surface area contributed by atoms with Crippen molar-refractivity contribution in [3.05, 3.63) is 52.7 Å². The van der Waals surface area contributed by atoms with Crippen LogP contribution in [0.2, 0.25) is 0 Å². The molecule has 0 bridgehead atoms. The van der Waals surface area contributed by atoms with Crippen LogP contribution in [0.25, 0.3) is 32.2 Å². The van der Waals surface area contributed by atoms with Gasteiger partial charge in [-0.15, -0.1) is 17.8 Å². The standard InChI is InChI=1S/C23H15N5OS/c1-3-14-8-16(13(9-24)11-25-14)18-5-4-15-17(28-18)6-7-19-20(15)21-22(30-19)23(29)27-12(2)10-26-21/h1,4-8,11-12,26H,10H2,2H3,(H,27,29)/t12-/m1/s1. The van der Waals surface area contributed by atoms with E-state index in [4.69, 9.17) is 11.4 Å². The van der Waals surface area contributed by atoms with Crippen LogP contribution in [0.3, 0.4) is 0 Å². The SMILES string of the molecule is C#Cc1cc(-c2ccc3c(ccc4sc5c(c43)NC[C@@H](C)NC5=O)n2)c(C#N)cn1. The van der Waals surface area contributed by atoms with Crippen LogP contribution >= 0.6 is 11.3 Å². The van der Waals surface area contributed by atoms with Crippen LogP contribution < -0.4 is 10.6 Å². The van der Waals surface area contributed by atoms with Gasteiger partial charge in [0.1, 0.15) is 16.6 Å². The predicted molar refractivity (Wildman–Crippen MR) is 118 cm³/mol. The molecule has 1 aromatic carbocycles.